The lowest BCUT2D eigenvalue weighted by Crippen LogP contribution is -2.45. The zero-order valence-corrected chi connectivity index (χ0v) is 12.2. The molecule has 1 aliphatic carbocycles. The van der Waals surface area contributed by atoms with Gasteiger partial charge in [0.1, 0.15) is 0 Å². The molecule has 1 saturated carbocycles. The molecule has 0 aliphatic heterocycles. The number of likely N-dealkylation sites (N-methyl/N-ethyl adjacent to an activating group) is 1. The summed E-state index contributed by atoms with van der Waals surface area (Å²) in [7, 11) is 0. The van der Waals surface area contributed by atoms with Gasteiger partial charge in [0.15, 0.2) is 0 Å². The molecule has 1 rings (SSSR count). The second-order valence-electron chi connectivity index (χ2n) is 5.93. The Bertz CT molecular complexity index is 205. The molecule has 0 saturated heterocycles. The van der Waals surface area contributed by atoms with Crippen molar-refractivity contribution in [3.63, 3.8) is 0 Å². The molecule has 0 bridgehead atoms. The van der Waals surface area contributed by atoms with Gasteiger partial charge in [0.05, 0.1) is 6.61 Å². The molecule has 0 aromatic carbocycles. The quantitative estimate of drug-likeness (QED) is 0.591. The van der Waals surface area contributed by atoms with E-state index in [4.69, 9.17) is 4.74 Å². The standard InChI is InChI=1S/C15H31NO2/c1-3-16-15(2,13-17)10-6-7-11-18-12-14-8-4-5-9-14/h14,16-17H,3-13H2,1-2H3. The third kappa shape index (κ3) is 6.17. The molecular weight excluding hydrogens is 226 g/mol. The number of nitrogens with one attached hydrogen (secondary N) is 1. The van der Waals surface area contributed by atoms with Crippen molar-refractivity contribution < 1.29 is 9.84 Å². The van der Waals surface area contributed by atoms with Gasteiger partial charge in [0, 0.05) is 18.8 Å². The maximum atomic E-state index is 9.37. The van der Waals surface area contributed by atoms with Crippen molar-refractivity contribution in [2.24, 2.45) is 5.92 Å². The highest BCUT2D eigenvalue weighted by Crippen LogP contribution is 2.24. The molecule has 3 nitrogen and oxygen atoms in total. The average Bonchev–Trinajstić information content (AvgIpc) is 2.87. The van der Waals surface area contributed by atoms with Crippen molar-refractivity contribution in [2.75, 3.05) is 26.4 Å². The van der Waals surface area contributed by atoms with Crippen LogP contribution in [0.25, 0.3) is 0 Å². The maximum absolute atomic E-state index is 9.37. The SMILES string of the molecule is CCNC(C)(CO)CCCCOCC1CCCC1. The maximum Gasteiger partial charge on any atom is 0.0610 e. The number of rotatable bonds is 10. The fourth-order valence-corrected chi connectivity index (χ4v) is 2.80. The van der Waals surface area contributed by atoms with Crippen LogP contribution in [0.4, 0.5) is 0 Å². The second-order valence-corrected chi connectivity index (χ2v) is 5.93. The van der Waals surface area contributed by atoms with Crippen LogP contribution in [0, 0.1) is 5.92 Å². The minimum Gasteiger partial charge on any atom is -0.394 e. The lowest BCUT2D eigenvalue weighted by atomic mass is 9.96. The number of hydrogen-bond acceptors (Lipinski definition) is 3. The third-order valence-electron chi connectivity index (χ3n) is 4.05. The van der Waals surface area contributed by atoms with Gasteiger partial charge in [-0.15, -0.1) is 0 Å². The smallest absolute Gasteiger partial charge is 0.0610 e. The highest BCUT2D eigenvalue weighted by molar-refractivity contribution is 4.81. The summed E-state index contributed by atoms with van der Waals surface area (Å²) < 4.78 is 5.74. The van der Waals surface area contributed by atoms with Crippen LogP contribution in [0.15, 0.2) is 0 Å². The Morgan fingerprint density at radius 3 is 2.61 bits per heavy atom. The summed E-state index contributed by atoms with van der Waals surface area (Å²) in [5.41, 5.74) is -0.111. The van der Waals surface area contributed by atoms with Gasteiger partial charge in [-0.3, -0.25) is 0 Å². The number of ether oxygens (including phenoxy) is 1. The molecule has 0 spiro atoms. The van der Waals surface area contributed by atoms with E-state index in [1.54, 1.807) is 0 Å². The predicted molar refractivity (Wildman–Crippen MR) is 75.8 cm³/mol. The van der Waals surface area contributed by atoms with E-state index in [-0.39, 0.29) is 12.1 Å². The molecule has 0 aromatic rings. The molecule has 1 fully saturated rings. The second kappa shape index (κ2) is 8.89. The first-order valence-electron chi connectivity index (χ1n) is 7.64. The molecule has 0 heterocycles. The molecule has 0 amide bonds. The minimum atomic E-state index is -0.111. The Hall–Kier alpha value is -0.120. The van der Waals surface area contributed by atoms with Crippen LogP contribution in [0.2, 0.25) is 0 Å². The number of hydrogen-bond donors (Lipinski definition) is 2. The molecule has 0 aromatic heterocycles. The van der Waals surface area contributed by atoms with E-state index in [0.717, 1.165) is 44.9 Å². The zero-order chi connectivity index (χ0) is 13.3. The summed E-state index contributed by atoms with van der Waals surface area (Å²) in [4.78, 5) is 0. The highest BCUT2D eigenvalue weighted by Gasteiger charge is 2.20. The van der Waals surface area contributed by atoms with E-state index in [1.165, 1.54) is 25.7 Å². The van der Waals surface area contributed by atoms with Crippen LogP contribution in [-0.2, 0) is 4.74 Å². The topological polar surface area (TPSA) is 41.5 Å². The summed E-state index contributed by atoms with van der Waals surface area (Å²) in [5.74, 6) is 0.828. The summed E-state index contributed by atoms with van der Waals surface area (Å²) in [6.45, 7) is 7.14. The van der Waals surface area contributed by atoms with E-state index in [1.807, 2.05) is 0 Å². The van der Waals surface area contributed by atoms with E-state index < -0.39 is 0 Å². The molecule has 1 unspecified atom stereocenters. The van der Waals surface area contributed by atoms with Crippen LogP contribution >= 0.6 is 0 Å². The summed E-state index contributed by atoms with van der Waals surface area (Å²) in [5, 5.41) is 12.7. The van der Waals surface area contributed by atoms with Gasteiger partial charge in [-0.05, 0) is 51.5 Å². The minimum absolute atomic E-state index is 0.111. The van der Waals surface area contributed by atoms with Gasteiger partial charge < -0.3 is 15.2 Å². The largest absolute Gasteiger partial charge is 0.394 e. The summed E-state index contributed by atoms with van der Waals surface area (Å²) in [6.07, 6.45) is 8.76. The van der Waals surface area contributed by atoms with E-state index >= 15 is 0 Å². The number of aliphatic hydroxyl groups is 1. The van der Waals surface area contributed by atoms with Crippen LogP contribution in [-0.4, -0.2) is 37.0 Å². The van der Waals surface area contributed by atoms with E-state index in [9.17, 15) is 5.11 Å². The van der Waals surface area contributed by atoms with Gasteiger partial charge in [0.2, 0.25) is 0 Å². The normalized spacial score (nSPS) is 20.2. The van der Waals surface area contributed by atoms with Crippen molar-refractivity contribution >= 4 is 0 Å². The van der Waals surface area contributed by atoms with E-state index in [2.05, 4.69) is 19.2 Å². The first-order chi connectivity index (χ1) is 8.70. The Morgan fingerprint density at radius 1 is 1.28 bits per heavy atom. The van der Waals surface area contributed by atoms with Crippen molar-refractivity contribution in [3.05, 3.63) is 0 Å². The highest BCUT2D eigenvalue weighted by atomic mass is 16.5. The third-order valence-corrected chi connectivity index (χ3v) is 4.05. The molecule has 3 heteroatoms. The molecule has 18 heavy (non-hydrogen) atoms. The Morgan fingerprint density at radius 2 is 2.00 bits per heavy atom. The molecule has 0 radical (unpaired) electrons. The molecule has 108 valence electrons. The van der Waals surface area contributed by atoms with Crippen LogP contribution in [0.1, 0.15) is 58.8 Å². The first kappa shape index (κ1) is 15.9. The van der Waals surface area contributed by atoms with Crippen LogP contribution < -0.4 is 5.32 Å². The van der Waals surface area contributed by atoms with Crippen molar-refractivity contribution in [1.29, 1.82) is 0 Å². The summed E-state index contributed by atoms with van der Waals surface area (Å²) in [6, 6.07) is 0. The fraction of sp³-hybridized carbons (Fsp3) is 1.00. The Kier molecular flexibility index (Phi) is 7.87. The number of aliphatic hydroxyl groups excluding tert-OH is 1. The predicted octanol–water partition coefficient (Wildman–Crippen LogP) is 2.72. The van der Waals surface area contributed by atoms with E-state index in [0.29, 0.717) is 0 Å². The zero-order valence-electron chi connectivity index (χ0n) is 12.2. The molecule has 1 aliphatic rings. The molecular formula is C15H31NO2. The van der Waals surface area contributed by atoms with Crippen molar-refractivity contribution in [3.8, 4) is 0 Å². The van der Waals surface area contributed by atoms with Crippen molar-refractivity contribution in [2.45, 2.75) is 64.3 Å². The first-order valence-corrected chi connectivity index (χ1v) is 7.64. The fourth-order valence-electron chi connectivity index (χ4n) is 2.80. The van der Waals surface area contributed by atoms with Gasteiger partial charge in [-0.25, -0.2) is 0 Å². The van der Waals surface area contributed by atoms with Gasteiger partial charge in [-0.2, -0.15) is 0 Å². The molecule has 2 N–H and O–H groups in total. The lowest BCUT2D eigenvalue weighted by Gasteiger charge is -2.28. The van der Waals surface area contributed by atoms with Crippen molar-refractivity contribution in [1.82, 2.24) is 5.32 Å². The van der Waals surface area contributed by atoms with Gasteiger partial charge in [-0.1, -0.05) is 19.8 Å². The monoisotopic (exact) mass is 257 g/mol. The van der Waals surface area contributed by atoms with Gasteiger partial charge in [0.25, 0.3) is 0 Å². The van der Waals surface area contributed by atoms with Gasteiger partial charge >= 0.3 is 0 Å². The van der Waals surface area contributed by atoms with Crippen LogP contribution in [0.3, 0.4) is 0 Å². The summed E-state index contributed by atoms with van der Waals surface area (Å²) >= 11 is 0. The molecule has 1 atom stereocenters. The Labute approximate surface area is 112 Å². The number of unbranched alkanes of at least 4 members (excludes halogenated alkanes) is 1. The average molecular weight is 257 g/mol. The lowest BCUT2D eigenvalue weighted by molar-refractivity contribution is 0.0942. The van der Waals surface area contributed by atoms with Crippen LogP contribution in [0.5, 0.6) is 0 Å². The Balaban J connectivity index is 1.96.